The topological polar surface area (TPSA) is 18.5 Å². The third-order valence-corrected chi connectivity index (χ3v) is 6.15. The molecule has 2 fully saturated rings. The Bertz CT molecular complexity index is 627. The molecule has 0 amide bonds. The molecule has 1 saturated heterocycles. The Kier molecular flexibility index (Phi) is 6.84. The minimum atomic E-state index is -3.75. The van der Waals surface area contributed by atoms with Gasteiger partial charge in [0.2, 0.25) is 0 Å². The summed E-state index contributed by atoms with van der Waals surface area (Å²) in [4.78, 5) is 0. The first kappa shape index (κ1) is 21.3. The van der Waals surface area contributed by atoms with Gasteiger partial charge in [-0.2, -0.15) is 8.78 Å². The van der Waals surface area contributed by atoms with Gasteiger partial charge in [-0.3, -0.25) is 0 Å². The van der Waals surface area contributed by atoms with Crippen LogP contribution in [0.1, 0.15) is 58.3 Å². The van der Waals surface area contributed by atoms with Gasteiger partial charge in [0.05, 0.1) is 6.61 Å². The van der Waals surface area contributed by atoms with Gasteiger partial charge in [0.1, 0.15) is 5.75 Å². The molecule has 1 aliphatic carbocycles. The lowest BCUT2D eigenvalue weighted by atomic mass is 9.73. The van der Waals surface area contributed by atoms with Crippen LogP contribution in [-0.2, 0) is 4.74 Å². The second-order valence-electron chi connectivity index (χ2n) is 8.09. The Balaban J connectivity index is 1.52. The van der Waals surface area contributed by atoms with Gasteiger partial charge in [-0.05, 0) is 43.4 Å². The summed E-state index contributed by atoms with van der Waals surface area (Å²) in [6.07, 6.45) is 2.55. The zero-order valence-electron chi connectivity index (χ0n) is 16.0. The summed E-state index contributed by atoms with van der Waals surface area (Å²) >= 11 is 0. The van der Waals surface area contributed by atoms with E-state index in [-0.39, 0.29) is 18.9 Å². The van der Waals surface area contributed by atoms with Crippen molar-refractivity contribution in [2.75, 3.05) is 6.61 Å². The fraction of sp³-hybridized carbons (Fsp3) is 0.714. The van der Waals surface area contributed by atoms with E-state index in [1.165, 1.54) is 25.7 Å². The maximum absolute atomic E-state index is 14.4. The smallest absolute Gasteiger partial charge is 0.424 e. The molecule has 3 rings (SSSR count). The molecule has 2 unspecified atom stereocenters. The summed E-state index contributed by atoms with van der Waals surface area (Å²) in [7, 11) is 0. The van der Waals surface area contributed by atoms with Crippen LogP contribution in [-0.4, -0.2) is 18.8 Å². The standard InChI is InChI=1S/C21H27F5O2/c1-2-3-13-4-6-14(7-5-13)15-8-9-19(27-12-15)21(25,26)28-16-10-17(22)20(24)18(23)11-16/h10-11,13-15,19H,2-9,12H2,1H3. The first-order chi connectivity index (χ1) is 13.3. The van der Waals surface area contributed by atoms with Crippen LogP contribution in [0.15, 0.2) is 12.1 Å². The van der Waals surface area contributed by atoms with Gasteiger partial charge in [0.25, 0.3) is 0 Å². The third kappa shape index (κ3) is 4.97. The van der Waals surface area contributed by atoms with E-state index in [2.05, 4.69) is 11.7 Å². The van der Waals surface area contributed by atoms with Crippen molar-refractivity contribution >= 4 is 0 Å². The van der Waals surface area contributed by atoms with Gasteiger partial charge in [-0.25, -0.2) is 13.2 Å². The van der Waals surface area contributed by atoms with Crippen molar-refractivity contribution in [1.82, 2.24) is 0 Å². The average molecular weight is 406 g/mol. The molecule has 28 heavy (non-hydrogen) atoms. The number of hydrogen-bond donors (Lipinski definition) is 0. The lowest BCUT2D eigenvalue weighted by Crippen LogP contribution is -2.45. The molecule has 158 valence electrons. The lowest BCUT2D eigenvalue weighted by Gasteiger charge is -2.39. The van der Waals surface area contributed by atoms with E-state index in [0.717, 1.165) is 18.8 Å². The van der Waals surface area contributed by atoms with Crippen LogP contribution in [0.4, 0.5) is 22.0 Å². The molecule has 0 bridgehead atoms. The molecule has 2 atom stereocenters. The average Bonchev–Trinajstić information content (AvgIpc) is 2.67. The van der Waals surface area contributed by atoms with Gasteiger partial charge in [0.15, 0.2) is 23.6 Å². The van der Waals surface area contributed by atoms with E-state index in [1.54, 1.807) is 0 Å². The molecular formula is C21H27F5O2. The van der Waals surface area contributed by atoms with E-state index < -0.39 is 35.4 Å². The van der Waals surface area contributed by atoms with Gasteiger partial charge in [-0.1, -0.05) is 32.6 Å². The SMILES string of the molecule is CCCC1CCC(C2CCC(C(F)(F)Oc3cc(F)c(F)c(F)c3)OC2)CC1. The molecule has 1 aromatic rings. The summed E-state index contributed by atoms with van der Waals surface area (Å²) in [6.45, 7) is 2.43. The van der Waals surface area contributed by atoms with E-state index in [4.69, 9.17) is 4.74 Å². The molecule has 2 nitrogen and oxygen atoms in total. The lowest BCUT2D eigenvalue weighted by molar-refractivity contribution is -0.266. The monoisotopic (exact) mass is 406 g/mol. The Morgan fingerprint density at radius 3 is 2.11 bits per heavy atom. The fourth-order valence-electron chi connectivity index (χ4n) is 4.58. The Morgan fingerprint density at radius 1 is 0.964 bits per heavy atom. The number of ether oxygens (including phenoxy) is 2. The van der Waals surface area contributed by atoms with Crippen molar-refractivity contribution in [3.8, 4) is 5.75 Å². The number of benzene rings is 1. The summed E-state index contributed by atoms with van der Waals surface area (Å²) in [5.74, 6) is -4.09. The van der Waals surface area contributed by atoms with Gasteiger partial charge in [-0.15, -0.1) is 0 Å². The van der Waals surface area contributed by atoms with Crippen LogP contribution < -0.4 is 4.74 Å². The maximum Gasteiger partial charge on any atom is 0.424 e. The van der Waals surface area contributed by atoms with Crippen molar-refractivity contribution in [1.29, 1.82) is 0 Å². The molecule has 1 aliphatic heterocycles. The second kappa shape index (κ2) is 8.97. The highest BCUT2D eigenvalue weighted by atomic mass is 19.3. The highest BCUT2D eigenvalue weighted by Crippen LogP contribution is 2.41. The van der Waals surface area contributed by atoms with Crippen molar-refractivity contribution in [2.24, 2.45) is 17.8 Å². The van der Waals surface area contributed by atoms with E-state index in [1.807, 2.05) is 0 Å². The van der Waals surface area contributed by atoms with E-state index in [9.17, 15) is 22.0 Å². The molecule has 1 aromatic carbocycles. The van der Waals surface area contributed by atoms with Gasteiger partial charge < -0.3 is 9.47 Å². The molecule has 1 heterocycles. The highest BCUT2D eigenvalue weighted by Gasteiger charge is 2.46. The molecule has 2 aliphatic rings. The summed E-state index contributed by atoms with van der Waals surface area (Å²) < 4.78 is 78.0. The zero-order chi connectivity index (χ0) is 20.3. The summed E-state index contributed by atoms with van der Waals surface area (Å²) in [6, 6.07) is 0.819. The minimum Gasteiger partial charge on any atom is -0.430 e. The summed E-state index contributed by atoms with van der Waals surface area (Å²) in [5.41, 5.74) is 0. The number of halogens is 5. The number of alkyl halides is 2. The largest absolute Gasteiger partial charge is 0.430 e. The Labute approximate surface area is 162 Å². The predicted octanol–water partition coefficient (Wildman–Crippen LogP) is 6.48. The molecule has 0 spiro atoms. The molecule has 0 radical (unpaired) electrons. The van der Waals surface area contributed by atoms with Crippen molar-refractivity contribution < 1.29 is 31.4 Å². The van der Waals surface area contributed by atoms with Crippen molar-refractivity contribution in [3.05, 3.63) is 29.6 Å². The van der Waals surface area contributed by atoms with Crippen LogP contribution in [0.2, 0.25) is 0 Å². The first-order valence-corrected chi connectivity index (χ1v) is 10.1. The Morgan fingerprint density at radius 2 is 1.57 bits per heavy atom. The molecule has 7 heteroatoms. The van der Waals surface area contributed by atoms with Crippen molar-refractivity contribution in [3.63, 3.8) is 0 Å². The normalized spacial score (nSPS) is 28.9. The maximum atomic E-state index is 14.4. The van der Waals surface area contributed by atoms with Crippen LogP contribution >= 0.6 is 0 Å². The third-order valence-electron chi connectivity index (χ3n) is 6.15. The van der Waals surface area contributed by atoms with Crippen LogP contribution in [0, 0.1) is 35.2 Å². The van der Waals surface area contributed by atoms with Crippen LogP contribution in [0.25, 0.3) is 0 Å². The molecular weight excluding hydrogens is 379 g/mol. The second-order valence-corrected chi connectivity index (χ2v) is 8.09. The van der Waals surface area contributed by atoms with Gasteiger partial charge >= 0.3 is 6.11 Å². The quantitative estimate of drug-likeness (QED) is 0.398. The zero-order valence-corrected chi connectivity index (χ0v) is 16.0. The number of hydrogen-bond acceptors (Lipinski definition) is 2. The van der Waals surface area contributed by atoms with Crippen LogP contribution in [0.5, 0.6) is 5.75 Å². The van der Waals surface area contributed by atoms with E-state index >= 15 is 0 Å². The first-order valence-electron chi connectivity index (χ1n) is 10.1. The molecule has 0 aromatic heterocycles. The fourth-order valence-corrected chi connectivity index (χ4v) is 4.58. The minimum absolute atomic E-state index is 0.110. The summed E-state index contributed by atoms with van der Waals surface area (Å²) in [5, 5.41) is 0. The van der Waals surface area contributed by atoms with Gasteiger partial charge in [0, 0.05) is 12.1 Å². The molecule has 1 saturated carbocycles. The van der Waals surface area contributed by atoms with Crippen molar-refractivity contribution in [2.45, 2.75) is 70.5 Å². The van der Waals surface area contributed by atoms with E-state index in [0.29, 0.717) is 24.5 Å². The number of rotatable bonds is 6. The molecule has 0 N–H and O–H groups in total. The Hall–Kier alpha value is -1.37. The highest BCUT2D eigenvalue weighted by molar-refractivity contribution is 5.25. The van der Waals surface area contributed by atoms with Crippen LogP contribution in [0.3, 0.4) is 0 Å². The predicted molar refractivity (Wildman–Crippen MR) is 94.7 cm³/mol.